The zero-order chi connectivity index (χ0) is 14.2. The Bertz CT molecular complexity index is 538. The number of nitrogens with zero attached hydrogens (tertiary/aromatic N) is 2. The van der Waals surface area contributed by atoms with Crippen LogP contribution in [-0.2, 0) is 14.3 Å². The van der Waals surface area contributed by atoms with Gasteiger partial charge in [0.2, 0.25) is 5.91 Å². The zero-order valence-electron chi connectivity index (χ0n) is 9.81. The van der Waals surface area contributed by atoms with Crippen molar-refractivity contribution in [2.24, 2.45) is 0 Å². The minimum atomic E-state index is -1.33. The van der Waals surface area contributed by atoms with Gasteiger partial charge in [0.1, 0.15) is 23.3 Å². The van der Waals surface area contributed by atoms with E-state index in [0.29, 0.717) is 0 Å². The Morgan fingerprint density at radius 2 is 2.26 bits per heavy atom. The maximum absolute atomic E-state index is 11.5. The SMILES string of the molecule is CN1C(=O)COC(C(=O)O)C1c1ccc([N+](=O)[O-])o1. The van der Waals surface area contributed by atoms with Crippen LogP contribution in [0.15, 0.2) is 16.5 Å². The molecule has 0 bridgehead atoms. The van der Waals surface area contributed by atoms with E-state index >= 15 is 0 Å². The Labute approximate surface area is 106 Å². The summed E-state index contributed by atoms with van der Waals surface area (Å²) in [6.07, 6.45) is -1.33. The number of ether oxygens (including phenoxy) is 1. The molecule has 0 aliphatic carbocycles. The number of carboxylic acids is 1. The molecule has 0 aromatic carbocycles. The molecule has 0 radical (unpaired) electrons. The van der Waals surface area contributed by atoms with Crippen LogP contribution in [0.1, 0.15) is 11.8 Å². The van der Waals surface area contributed by atoms with E-state index in [-0.39, 0.29) is 12.4 Å². The molecule has 1 aromatic heterocycles. The molecule has 9 nitrogen and oxygen atoms in total. The number of morpholine rings is 1. The van der Waals surface area contributed by atoms with Crippen molar-refractivity contribution in [3.05, 3.63) is 28.0 Å². The monoisotopic (exact) mass is 270 g/mol. The maximum Gasteiger partial charge on any atom is 0.433 e. The Kier molecular flexibility index (Phi) is 3.21. The standard InChI is InChI=1S/C10H10N2O7/c1-11-6(13)4-18-9(10(14)15)8(11)5-2-3-7(19-5)12(16)17/h2-3,8-9H,4H2,1H3,(H,14,15). The van der Waals surface area contributed by atoms with Crippen molar-refractivity contribution < 1.29 is 28.8 Å². The summed E-state index contributed by atoms with van der Waals surface area (Å²) in [4.78, 5) is 33.6. The number of carbonyl (C=O) groups is 2. The number of amides is 1. The van der Waals surface area contributed by atoms with E-state index in [1.807, 2.05) is 0 Å². The molecule has 1 aliphatic heterocycles. The molecule has 0 spiro atoms. The summed E-state index contributed by atoms with van der Waals surface area (Å²) in [6.45, 7) is -0.354. The lowest BCUT2D eigenvalue weighted by Crippen LogP contribution is -2.49. The molecule has 1 fully saturated rings. The molecule has 2 unspecified atom stereocenters. The Hall–Kier alpha value is -2.42. The second kappa shape index (κ2) is 4.69. The summed E-state index contributed by atoms with van der Waals surface area (Å²) in [5, 5.41) is 19.6. The fraction of sp³-hybridized carbons (Fsp3) is 0.400. The summed E-state index contributed by atoms with van der Waals surface area (Å²) in [5.41, 5.74) is 0. The number of furan rings is 1. The van der Waals surface area contributed by atoms with Gasteiger partial charge in [-0.15, -0.1) is 0 Å². The van der Waals surface area contributed by atoms with Crippen LogP contribution in [0.3, 0.4) is 0 Å². The highest BCUT2D eigenvalue weighted by Crippen LogP contribution is 2.32. The van der Waals surface area contributed by atoms with Crippen LogP contribution in [0.4, 0.5) is 5.88 Å². The normalized spacial score (nSPS) is 23.4. The van der Waals surface area contributed by atoms with Crippen LogP contribution in [0, 0.1) is 10.1 Å². The van der Waals surface area contributed by atoms with Crippen molar-refractivity contribution >= 4 is 17.8 Å². The fourth-order valence-electron chi connectivity index (χ4n) is 1.86. The molecule has 102 valence electrons. The van der Waals surface area contributed by atoms with Crippen LogP contribution in [-0.4, -0.2) is 46.6 Å². The minimum absolute atomic E-state index is 0.00495. The van der Waals surface area contributed by atoms with Crippen LogP contribution in [0.25, 0.3) is 0 Å². The molecule has 1 saturated heterocycles. The van der Waals surface area contributed by atoms with Gasteiger partial charge in [-0.25, -0.2) is 4.79 Å². The highest BCUT2D eigenvalue weighted by Gasteiger charge is 2.42. The highest BCUT2D eigenvalue weighted by molar-refractivity contribution is 5.82. The number of carbonyl (C=O) groups excluding carboxylic acids is 1. The predicted molar refractivity (Wildman–Crippen MR) is 58.2 cm³/mol. The molecule has 1 aliphatic rings. The lowest BCUT2D eigenvalue weighted by molar-refractivity contribution is -0.402. The van der Waals surface area contributed by atoms with E-state index in [4.69, 9.17) is 14.3 Å². The van der Waals surface area contributed by atoms with Crippen LogP contribution >= 0.6 is 0 Å². The summed E-state index contributed by atoms with van der Waals surface area (Å²) < 4.78 is 9.89. The van der Waals surface area contributed by atoms with Crippen molar-refractivity contribution in [2.45, 2.75) is 12.1 Å². The molecule has 9 heteroatoms. The van der Waals surface area contributed by atoms with Gasteiger partial charge in [-0.3, -0.25) is 14.9 Å². The largest absolute Gasteiger partial charge is 0.479 e. The van der Waals surface area contributed by atoms with Gasteiger partial charge in [0.15, 0.2) is 6.10 Å². The third kappa shape index (κ3) is 2.27. The summed E-state index contributed by atoms with van der Waals surface area (Å²) >= 11 is 0. The van der Waals surface area contributed by atoms with E-state index in [9.17, 15) is 19.7 Å². The second-order valence-corrected chi connectivity index (χ2v) is 3.95. The molecule has 1 amide bonds. The second-order valence-electron chi connectivity index (χ2n) is 3.95. The molecule has 1 N–H and O–H groups in total. The van der Waals surface area contributed by atoms with Crippen molar-refractivity contribution in [1.82, 2.24) is 4.90 Å². The third-order valence-electron chi connectivity index (χ3n) is 2.81. The number of likely N-dealkylation sites (N-methyl/N-ethyl adjacent to an activating group) is 1. The van der Waals surface area contributed by atoms with Gasteiger partial charge in [-0.2, -0.15) is 0 Å². The first-order valence-corrected chi connectivity index (χ1v) is 5.26. The zero-order valence-corrected chi connectivity index (χ0v) is 9.81. The van der Waals surface area contributed by atoms with E-state index in [1.54, 1.807) is 0 Å². The molecule has 19 heavy (non-hydrogen) atoms. The van der Waals surface area contributed by atoms with Gasteiger partial charge < -0.3 is 19.2 Å². The van der Waals surface area contributed by atoms with Gasteiger partial charge in [-0.1, -0.05) is 0 Å². The van der Waals surface area contributed by atoms with Crippen molar-refractivity contribution in [3.8, 4) is 0 Å². The number of rotatable bonds is 3. The van der Waals surface area contributed by atoms with Gasteiger partial charge >= 0.3 is 11.9 Å². The Morgan fingerprint density at radius 1 is 1.58 bits per heavy atom. The maximum atomic E-state index is 11.5. The van der Waals surface area contributed by atoms with Crippen LogP contribution < -0.4 is 0 Å². The van der Waals surface area contributed by atoms with E-state index in [0.717, 1.165) is 11.0 Å². The molecule has 0 saturated carbocycles. The van der Waals surface area contributed by atoms with Gasteiger partial charge in [0, 0.05) is 7.05 Å². The Morgan fingerprint density at radius 3 is 2.79 bits per heavy atom. The van der Waals surface area contributed by atoms with Gasteiger partial charge in [0.25, 0.3) is 0 Å². The minimum Gasteiger partial charge on any atom is -0.479 e. The van der Waals surface area contributed by atoms with E-state index in [1.165, 1.54) is 13.1 Å². The van der Waals surface area contributed by atoms with Crippen molar-refractivity contribution in [1.29, 1.82) is 0 Å². The smallest absolute Gasteiger partial charge is 0.433 e. The lowest BCUT2D eigenvalue weighted by Gasteiger charge is -2.35. The van der Waals surface area contributed by atoms with E-state index < -0.39 is 34.8 Å². The summed E-state index contributed by atoms with van der Waals surface area (Å²) in [5.74, 6) is -2.23. The lowest BCUT2D eigenvalue weighted by atomic mass is 10.1. The summed E-state index contributed by atoms with van der Waals surface area (Å²) in [7, 11) is 1.39. The average Bonchev–Trinajstić information content (AvgIpc) is 2.81. The third-order valence-corrected chi connectivity index (χ3v) is 2.81. The molecule has 1 aromatic rings. The van der Waals surface area contributed by atoms with E-state index in [2.05, 4.69) is 0 Å². The summed E-state index contributed by atoms with van der Waals surface area (Å²) in [6, 6.07) is 1.32. The number of carboxylic acid groups (broad SMARTS) is 1. The average molecular weight is 270 g/mol. The molecule has 2 heterocycles. The first kappa shape index (κ1) is 13.0. The van der Waals surface area contributed by atoms with Gasteiger partial charge in [0.05, 0.1) is 6.07 Å². The number of hydrogen-bond acceptors (Lipinski definition) is 6. The van der Waals surface area contributed by atoms with Crippen molar-refractivity contribution in [2.75, 3.05) is 13.7 Å². The topological polar surface area (TPSA) is 123 Å². The molecular weight excluding hydrogens is 260 g/mol. The van der Waals surface area contributed by atoms with Gasteiger partial charge in [-0.05, 0) is 6.07 Å². The van der Waals surface area contributed by atoms with Crippen molar-refractivity contribution in [3.63, 3.8) is 0 Å². The highest BCUT2D eigenvalue weighted by atomic mass is 16.6. The first-order valence-electron chi connectivity index (χ1n) is 5.26. The molecule has 2 rings (SSSR count). The molecule has 2 atom stereocenters. The first-order chi connectivity index (χ1) is 8.91. The Balaban J connectivity index is 2.37. The van der Waals surface area contributed by atoms with Crippen LogP contribution in [0.5, 0.6) is 0 Å². The van der Waals surface area contributed by atoms with Crippen LogP contribution in [0.2, 0.25) is 0 Å². The molecular formula is C10H10N2O7. The number of aliphatic carboxylic acids is 1. The number of nitro groups is 1. The predicted octanol–water partition coefficient (Wildman–Crippen LogP) is 0.171. The quantitative estimate of drug-likeness (QED) is 0.613. The number of hydrogen-bond donors (Lipinski definition) is 1. The fourth-order valence-corrected chi connectivity index (χ4v) is 1.86.